The van der Waals surface area contributed by atoms with Gasteiger partial charge in [-0.15, -0.1) is 4.91 Å². The van der Waals surface area contributed by atoms with E-state index < -0.39 is 6.03 Å². The number of pyridine rings is 1. The second-order valence-electron chi connectivity index (χ2n) is 7.92. The summed E-state index contributed by atoms with van der Waals surface area (Å²) in [5.74, 6) is 1.04. The Morgan fingerprint density at radius 2 is 1.47 bits per heavy atom. The summed E-state index contributed by atoms with van der Waals surface area (Å²) in [6.07, 6.45) is 1.51. The van der Waals surface area contributed by atoms with E-state index in [4.69, 9.17) is 9.47 Å². The number of hydrogen-bond acceptors (Lipinski definition) is 6. The maximum atomic E-state index is 14.3. The van der Waals surface area contributed by atoms with Gasteiger partial charge in [-0.05, 0) is 40.6 Å². The minimum absolute atomic E-state index is 0.0306. The quantitative estimate of drug-likeness (QED) is 0.256. The summed E-state index contributed by atoms with van der Waals surface area (Å²) in [6.45, 7) is 0.667. The summed E-state index contributed by atoms with van der Waals surface area (Å²) in [5, 5.41) is 3.13. The second-order valence-corrected chi connectivity index (χ2v) is 7.92. The number of carbonyl (C=O) groups is 1. The molecule has 1 heterocycles. The van der Waals surface area contributed by atoms with E-state index in [1.165, 1.54) is 24.3 Å². The number of urea groups is 1. The molecule has 1 aromatic heterocycles. The molecule has 8 heteroatoms. The second kappa shape index (κ2) is 11.6. The van der Waals surface area contributed by atoms with E-state index in [-0.39, 0.29) is 11.5 Å². The van der Waals surface area contributed by atoms with Crippen LogP contribution in [0.4, 0.5) is 22.0 Å². The zero-order chi connectivity index (χ0) is 25.3. The fraction of sp³-hybridized carbons (Fsp3) is 0.143. The van der Waals surface area contributed by atoms with Crippen molar-refractivity contribution in [1.29, 1.82) is 0 Å². The fourth-order valence-electron chi connectivity index (χ4n) is 3.85. The van der Waals surface area contributed by atoms with Gasteiger partial charge in [0.15, 0.2) is 11.5 Å². The molecule has 0 aliphatic heterocycles. The average molecular weight is 483 g/mol. The molecule has 4 rings (SSSR count). The molecule has 8 nitrogen and oxygen atoms in total. The number of aromatic nitrogens is 1. The molecule has 36 heavy (non-hydrogen) atoms. The molecule has 0 N–H and O–H groups in total. The van der Waals surface area contributed by atoms with Crippen LogP contribution in [0, 0.1) is 4.91 Å². The van der Waals surface area contributed by atoms with E-state index in [1.54, 1.807) is 36.3 Å². The topological polar surface area (TPSA) is 84.3 Å². The van der Waals surface area contributed by atoms with Crippen LogP contribution in [-0.2, 0) is 13.1 Å². The van der Waals surface area contributed by atoms with Gasteiger partial charge in [0.1, 0.15) is 11.5 Å². The molecule has 0 saturated heterocycles. The molecule has 0 saturated carbocycles. The Morgan fingerprint density at radius 3 is 2.03 bits per heavy atom. The first kappa shape index (κ1) is 24.4. The highest BCUT2D eigenvalue weighted by Gasteiger charge is 2.30. The molecule has 0 radical (unpaired) electrons. The van der Waals surface area contributed by atoms with Gasteiger partial charge in [-0.3, -0.25) is 0 Å². The van der Waals surface area contributed by atoms with Crippen molar-refractivity contribution < 1.29 is 14.3 Å². The number of hydrogen-bond donors (Lipinski definition) is 0. The van der Waals surface area contributed by atoms with Crippen molar-refractivity contribution in [3.8, 4) is 11.5 Å². The van der Waals surface area contributed by atoms with Crippen LogP contribution in [0.5, 0.6) is 11.5 Å². The molecule has 0 unspecified atom stereocenters. The van der Waals surface area contributed by atoms with Crippen molar-refractivity contribution in [3.63, 3.8) is 0 Å². The van der Waals surface area contributed by atoms with Crippen LogP contribution in [0.1, 0.15) is 11.1 Å². The van der Waals surface area contributed by atoms with Crippen LogP contribution >= 0.6 is 0 Å². The Bertz CT molecular complexity index is 1270. The summed E-state index contributed by atoms with van der Waals surface area (Å²) in [6, 6.07) is 27.2. The van der Waals surface area contributed by atoms with Crippen molar-refractivity contribution in [1.82, 2.24) is 9.88 Å². The van der Waals surface area contributed by atoms with Gasteiger partial charge in [0, 0.05) is 25.4 Å². The van der Waals surface area contributed by atoms with Crippen LogP contribution in [0.15, 0.2) is 102 Å². The molecule has 0 spiro atoms. The predicted octanol–water partition coefficient (Wildman–Crippen LogP) is 6.46. The standard InChI is InChI=1S/C28H26N4O4/c1-35-23-15-16-25(26(18-23)36-2)32(27-24(30-34)14-9-17-29-27)28(33)31(19-21-10-5-3-6-11-21)20-22-12-7-4-8-13-22/h3-18H,19-20H2,1-2H3. The SMILES string of the molecule is COc1ccc(N(C(=O)N(Cc2ccccc2)Cc2ccccc2)c2ncccc2N=O)c(OC)c1. The highest BCUT2D eigenvalue weighted by atomic mass is 16.5. The third kappa shape index (κ3) is 5.50. The van der Waals surface area contributed by atoms with Gasteiger partial charge < -0.3 is 14.4 Å². The Balaban J connectivity index is 1.85. The lowest BCUT2D eigenvalue weighted by Gasteiger charge is -2.31. The maximum absolute atomic E-state index is 14.3. The zero-order valence-corrected chi connectivity index (χ0v) is 20.1. The number of nitrogens with zero attached hydrogens (tertiary/aromatic N) is 4. The number of methoxy groups -OCH3 is 2. The minimum Gasteiger partial charge on any atom is -0.497 e. The van der Waals surface area contributed by atoms with Crippen molar-refractivity contribution in [2.75, 3.05) is 19.1 Å². The van der Waals surface area contributed by atoms with E-state index >= 15 is 0 Å². The normalized spacial score (nSPS) is 10.4. The van der Waals surface area contributed by atoms with E-state index in [2.05, 4.69) is 10.2 Å². The molecule has 0 fully saturated rings. The molecular formula is C28H26N4O4. The van der Waals surface area contributed by atoms with Crippen LogP contribution < -0.4 is 14.4 Å². The van der Waals surface area contributed by atoms with E-state index in [9.17, 15) is 9.70 Å². The number of carbonyl (C=O) groups excluding carboxylic acids is 1. The van der Waals surface area contributed by atoms with Gasteiger partial charge in [0.2, 0.25) is 0 Å². The lowest BCUT2D eigenvalue weighted by atomic mass is 10.1. The Kier molecular flexibility index (Phi) is 7.87. The molecule has 0 bridgehead atoms. The predicted molar refractivity (Wildman–Crippen MR) is 139 cm³/mol. The van der Waals surface area contributed by atoms with Crippen LogP contribution in [0.25, 0.3) is 0 Å². The number of rotatable bonds is 9. The van der Waals surface area contributed by atoms with E-state index in [0.717, 1.165) is 11.1 Å². The molecule has 4 aromatic rings. The van der Waals surface area contributed by atoms with Crippen molar-refractivity contribution in [3.05, 3.63) is 113 Å². The van der Waals surface area contributed by atoms with Gasteiger partial charge in [-0.2, -0.15) is 0 Å². The summed E-state index contributed by atoms with van der Waals surface area (Å²) >= 11 is 0. The molecule has 2 amide bonds. The number of nitroso groups, excluding NO2 is 1. The maximum Gasteiger partial charge on any atom is 0.331 e. The highest BCUT2D eigenvalue weighted by Crippen LogP contribution is 2.40. The number of amides is 2. The molecule has 182 valence electrons. The summed E-state index contributed by atoms with van der Waals surface area (Å²) in [4.78, 5) is 33.4. The zero-order valence-electron chi connectivity index (χ0n) is 20.1. The Morgan fingerprint density at radius 1 is 0.833 bits per heavy atom. The van der Waals surface area contributed by atoms with Gasteiger partial charge in [0.25, 0.3) is 0 Å². The van der Waals surface area contributed by atoms with E-state index in [1.807, 2.05) is 60.7 Å². The first-order valence-electron chi connectivity index (χ1n) is 11.3. The van der Waals surface area contributed by atoms with Crippen molar-refractivity contribution >= 4 is 23.2 Å². The fourth-order valence-corrected chi connectivity index (χ4v) is 3.85. The lowest BCUT2D eigenvalue weighted by Crippen LogP contribution is -2.40. The first-order valence-corrected chi connectivity index (χ1v) is 11.3. The third-order valence-corrected chi connectivity index (χ3v) is 5.60. The monoisotopic (exact) mass is 482 g/mol. The minimum atomic E-state index is -0.394. The summed E-state index contributed by atoms with van der Waals surface area (Å²) < 4.78 is 10.9. The molecule has 3 aromatic carbocycles. The number of ether oxygens (including phenoxy) is 2. The number of anilines is 2. The smallest absolute Gasteiger partial charge is 0.331 e. The molecule has 0 aliphatic carbocycles. The van der Waals surface area contributed by atoms with Crippen LogP contribution in [0.3, 0.4) is 0 Å². The van der Waals surface area contributed by atoms with Gasteiger partial charge >= 0.3 is 6.03 Å². The van der Waals surface area contributed by atoms with Crippen molar-refractivity contribution in [2.45, 2.75) is 13.1 Å². The third-order valence-electron chi connectivity index (χ3n) is 5.60. The van der Waals surface area contributed by atoms with E-state index in [0.29, 0.717) is 30.3 Å². The Hall–Kier alpha value is -4.72. The highest BCUT2D eigenvalue weighted by molar-refractivity contribution is 6.02. The van der Waals surface area contributed by atoms with Gasteiger partial charge in [-0.1, -0.05) is 60.7 Å². The van der Waals surface area contributed by atoms with Crippen LogP contribution in [-0.4, -0.2) is 30.1 Å². The van der Waals surface area contributed by atoms with Crippen molar-refractivity contribution in [2.24, 2.45) is 5.18 Å². The first-order chi connectivity index (χ1) is 17.6. The van der Waals surface area contributed by atoms with Gasteiger partial charge in [0.05, 0.1) is 19.9 Å². The largest absolute Gasteiger partial charge is 0.497 e. The lowest BCUT2D eigenvalue weighted by molar-refractivity contribution is 0.201. The molecular weight excluding hydrogens is 456 g/mol. The average Bonchev–Trinajstić information content (AvgIpc) is 2.94. The van der Waals surface area contributed by atoms with Gasteiger partial charge in [-0.25, -0.2) is 14.7 Å². The Labute approximate surface area is 209 Å². The van der Waals surface area contributed by atoms with Crippen LogP contribution in [0.2, 0.25) is 0 Å². The number of benzene rings is 3. The summed E-state index contributed by atoms with van der Waals surface area (Å²) in [5.41, 5.74) is 2.34. The molecule has 0 atom stereocenters. The summed E-state index contributed by atoms with van der Waals surface area (Å²) in [7, 11) is 3.05. The molecule has 0 aliphatic rings.